The van der Waals surface area contributed by atoms with Crippen LogP contribution in [0.4, 0.5) is 0 Å². The maximum absolute atomic E-state index is 5.43. The van der Waals surface area contributed by atoms with E-state index in [-0.39, 0.29) is 0 Å². The summed E-state index contributed by atoms with van der Waals surface area (Å²) in [6.07, 6.45) is 5.49. The summed E-state index contributed by atoms with van der Waals surface area (Å²) >= 11 is 0. The van der Waals surface area contributed by atoms with Gasteiger partial charge < -0.3 is 4.74 Å². The van der Waals surface area contributed by atoms with Crippen LogP contribution in [0.15, 0.2) is 11.6 Å². The normalized spacial score (nSPS) is 14.6. The van der Waals surface area contributed by atoms with E-state index < -0.39 is 0 Å². The van der Waals surface area contributed by atoms with E-state index in [1.165, 1.54) is 18.4 Å². The summed E-state index contributed by atoms with van der Waals surface area (Å²) in [5.41, 5.74) is 1.48. The molecule has 1 heteroatoms. The Morgan fingerprint density at radius 1 is 1.54 bits per heavy atom. The molecular weight excluding hydrogens is 160 g/mol. The summed E-state index contributed by atoms with van der Waals surface area (Å²) in [6, 6.07) is 0. The Morgan fingerprint density at radius 2 is 2.23 bits per heavy atom. The molecule has 0 aromatic rings. The van der Waals surface area contributed by atoms with Gasteiger partial charge in [-0.2, -0.15) is 0 Å². The lowest BCUT2D eigenvalue weighted by atomic mass is 10.0. The monoisotopic (exact) mass is 183 g/mol. The fourth-order valence-corrected chi connectivity index (χ4v) is 1.09. The molecule has 0 aliphatic rings. The Morgan fingerprint density at radius 3 is 2.77 bits per heavy atom. The molecule has 0 saturated heterocycles. The molecular formula is C12H23O. The molecule has 0 bridgehead atoms. The second kappa shape index (κ2) is 8.31. The Kier molecular flexibility index (Phi) is 8.11. The number of ether oxygens (including phenoxy) is 1. The maximum Gasteiger partial charge on any atom is 0.0491 e. The Balaban J connectivity index is 3.34. The highest BCUT2D eigenvalue weighted by Crippen LogP contribution is 2.11. The molecule has 0 saturated carbocycles. The van der Waals surface area contributed by atoms with Crippen molar-refractivity contribution in [3.05, 3.63) is 18.6 Å². The topological polar surface area (TPSA) is 9.23 Å². The maximum atomic E-state index is 5.43. The van der Waals surface area contributed by atoms with Crippen LogP contribution in [-0.4, -0.2) is 13.2 Å². The molecule has 0 heterocycles. The number of hydrogen-bond acceptors (Lipinski definition) is 1. The van der Waals surface area contributed by atoms with Crippen molar-refractivity contribution in [3.8, 4) is 0 Å². The average molecular weight is 183 g/mol. The molecule has 1 radical (unpaired) electrons. The van der Waals surface area contributed by atoms with E-state index >= 15 is 0 Å². The molecule has 77 valence electrons. The summed E-state index contributed by atoms with van der Waals surface area (Å²) in [5.74, 6) is 0.668. The van der Waals surface area contributed by atoms with Crippen LogP contribution in [0.2, 0.25) is 0 Å². The first-order chi connectivity index (χ1) is 6.20. The van der Waals surface area contributed by atoms with Crippen LogP contribution in [0, 0.1) is 12.8 Å². The van der Waals surface area contributed by atoms with Crippen molar-refractivity contribution in [2.75, 3.05) is 13.2 Å². The van der Waals surface area contributed by atoms with Gasteiger partial charge in [-0.05, 0) is 39.0 Å². The highest BCUT2D eigenvalue weighted by molar-refractivity contribution is 4.95. The minimum Gasteiger partial charge on any atom is -0.381 e. The summed E-state index contributed by atoms with van der Waals surface area (Å²) in [5, 5.41) is 0. The molecule has 1 atom stereocenters. The molecule has 0 aliphatic heterocycles. The molecule has 0 aliphatic carbocycles. The predicted molar refractivity (Wildman–Crippen MR) is 58.6 cm³/mol. The summed E-state index contributed by atoms with van der Waals surface area (Å²) in [4.78, 5) is 0. The van der Waals surface area contributed by atoms with Crippen LogP contribution in [-0.2, 0) is 4.74 Å². The van der Waals surface area contributed by atoms with E-state index in [9.17, 15) is 0 Å². The Labute approximate surface area is 83.2 Å². The quantitative estimate of drug-likeness (QED) is 0.433. The summed E-state index contributed by atoms with van der Waals surface area (Å²) in [6.45, 7) is 11.9. The lowest BCUT2D eigenvalue weighted by Gasteiger charge is -2.11. The van der Waals surface area contributed by atoms with E-state index in [2.05, 4.69) is 33.8 Å². The molecule has 1 unspecified atom stereocenters. The van der Waals surface area contributed by atoms with Gasteiger partial charge in [0.15, 0.2) is 0 Å². The summed E-state index contributed by atoms with van der Waals surface area (Å²) in [7, 11) is 0. The lowest BCUT2D eigenvalue weighted by molar-refractivity contribution is 0.105. The molecule has 0 aromatic carbocycles. The van der Waals surface area contributed by atoms with E-state index in [0.29, 0.717) is 5.92 Å². The zero-order valence-corrected chi connectivity index (χ0v) is 9.31. The number of hydrogen-bond donors (Lipinski definition) is 0. The van der Waals surface area contributed by atoms with Crippen LogP contribution < -0.4 is 0 Å². The van der Waals surface area contributed by atoms with Crippen molar-refractivity contribution >= 4 is 0 Å². The molecule has 0 aromatic heterocycles. The van der Waals surface area contributed by atoms with Crippen molar-refractivity contribution in [1.29, 1.82) is 0 Å². The van der Waals surface area contributed by atoms with Gasteiger partial charge in [-0.15, -0.1) is 0 Å². The smallest absolute Gasteiger partial charge is 0.0491 e. The van der Waals surface area contributed by atoms with Gasteiger partial charge in [-0.3, -0.25) is 0 Å². The first-order valence-corrected chi connectivity index (χ1v) is 5.19. The SMILES string of the molecule is [CH2]CCOCC(C)CCC(C)=CC. The Hall–Kier alpha value is -0.300. The van der Waals surface area contributed by atoms with E-state index in [4.69, 9.17) is 4.74 Å². The first kappa shape index (κ1) is 12.7. The molecule has 0 rings (SSSR count). The molecule has 1 nitrogen and oxygen atoms in total. The predicted octanol–water partition coefficient (Wildman–Crippen LogP) is 3.61. The van der Waals surface area contributed by atoms with Crippen molar-refractivity contribution in [1.82, 2.24) is 0 Å². The molecule has 13 heavy (non-hydrogen) atoms. The van der Waals surface area contributed by atoms with Crippen molar-refractivity contribution < 1.29 is 4.74 Å². The van der Waals surface area contributed by atoms with Gasteiger partial charge in [0.25, 0.3) is 0 Å². The third-order valence-electron chi connectivity index (χ3n) is 2.22. The van der Waals surface area contributed by atoms with Gasteiger partial charge in [0.1, 0.15) is 0 Å². The first-order valence-electron chi connectivity index (χ1n) is 5.19. The third-order valence-corrected chi connectivity index (χ3v) is 2.22. The highest BCUT2D eigenvalue weighted by Gasteiger charge is 2.01. The van der Waals surface area contributed by atoms with Crippen LogP contribution in [0.25, 0.3) is 0 Å². The van der Waals surface area contributed by atoms with Crippen LogP contribution >= 0.6 is 0 Å². The van der Waals surface area contributed by atoms with Crippen molar-refractivity contribution in [2.45, 2.75) is 40.0 Å². The largest absolute Gasteiger partial charge is 0.381 e. The molecule has 0 amide bonds. The van der Waals surface area contributed by atoms with Gasteiger partial charge in [-0.25, -0.2) is 0 Å². The van der Waals surface area contributed by atoms with E-state index in [1.54, 1.807) is 0 Å². The zero-order chi connectivity index (χ0) is 10.1. The van der Waals surface area contributed by atoms with E-state index in [0.717, 1.165) is 19.6 Å². The lowest BCUT2D eigenvalue weighted by Crippen LogP contribution is -2.06. The third kappa shape index (κ3) is 8.04. The van der Waals surface area contributed by atoms with Crippen LogP contribution in [0.3, 0.4) is 0 Å². The molecule has 0 N–H and O–H groups in total. The summed E-state index contributed by atoms with van der Waals surface area (Å²) < 4.78 is 5.43. The van der Waals surface area contributed by atoms with Crippen molar-refractivity contribution in [2.24, 2.45) is 5.92 Å². The highest BCUT2D eigenvalue weighted by atomic mass is 16.5. The zero-order valence-electron chi connectivity index (χ0n) is 9.31. The molecule has 0 spiro atoms. The van der Waals surface area contributed by atoms with Gasteiger partial charge in [0.05, 0.1) is 0 Å². The second-order valence-electron chi connectivity index (χ2n) is 3.71. The van der Waals surface area contributed by atoms with Gasteiger partial charge in [-0.1, -0.05) is 25.5 Å². The van der Waals surface area contributed by atoms with Gasteiger partial charge in [0.2, 0.25) is 0 Å². The minimum atomic E-state index is 0.668. The Bertz CT molecular complexity index is 138. The number of rotatable bonds is 7. The van der Waals surface area contributed by atoms with Gasteiger partial charge in [0, 0.05) is 13.2 Å². The standard InChI is InChI=1S/C12H23O/c1-5-9-13-10-12(4)8-7-11(3)6-2/h6,12H,1,5,7-10H2,2-4H3. The second-order valence-corrected chi connectivity index (χ2v) is 3.71. The number of allylic oxidation sites excluding steroid dienone is 2. The van der Waals surface area contributed by atoms with Gasteiger partial charge >= 0.3 is 0 Å². The average Bonchev–Trinajstić information content (AvgIpc) is 2.14. The van der Waals surface area contributed by atoms with E-state index in [1.807, 2.05) is 0 Å². The fraction of sp³-hybridized carbons (Fsp3) is 0.750. The van der Waals surface area contributed by atoms with Crippen LogP contribution in [0.1, 0.15) is 40.0 Å². The van der Waals surface area contributed by atoms with Crippen LogP contribution in [0.5, 0.6) is 0 Å². The van der Waals surface area contributed by atoms with Crippen molar-refractivity contribution in [3.63, 3.8) is 0 Å². The fourth-order valence-electron chi connectivity index (χ4n) is 1.09. The molecule has 0 fully saturated rings. The minimum absolute atomic E-state index is 0.668.